The Morgan fingerprint density at radius 2 is 2.11 bits per heavy atom. The molecule has 1 amide bonds. The number of nitro groups is 1. The van der Waals surface area contributed by atoms with Crippen molar-refractivity contribution in [2.75, 3.05) is 6.79 Å². The molecule has 1 aromatic carbocycles. The summed E-state index contributed by atoms with van der Waals surface area (Å²) in [6.45, 7) is -0.593. The van der Waals surface area contributed by atoms with E-state index in [4.69, 9.17) is 9.47 Å². The molecule has 1 aliphatic rings. The highest BCUT2D eigenvalue weighted by atomic mass is 19.4. The third-order valence-corrected chi connectivity index (χ3v) is 3.35. The SMILES string of the molecule is O=C(Cn1ccc(C(F)(F)F)n1)NN=Cc1cc2c(cc1[N+](=O)[O-])OCO2. The van der Waals surface area contributed by atoms with Gasteiger partial charge in [-0.3, -0.25) is 19.6 Å². The predicted molar refractivity (Wildman–Crippen MR) is 82.2 cm³/mol. The molecule has 10 nitrogen and oxygen atoms in total. The molecule has 0 bridgehead atoms. The Hall–Kier alpha value is -3.64. The minimum Gasteiger partial charge on any atom is -0.454 e. The average molecular weight is 385 g/mol. The van der Waals surface area contributed by atoms with Gasteiger partial charge in [0.1, 0.15) is 6.54 Å². The molecular weight excluding hydrogens is 375 g/mol. The lowest BCUT2D eigenvalue weighted by molar-refractivity contribution is -0.385. The summed E-state index contributed by atoms with van der Waals surface area (Å²) in [5, 5.41) is 17.9. The largest absolute Gasteiger partial charge is 0.454 e. The van der Waals surface area contributed by atoms with Crippen LogP contribution in [0.2, 0.25) is 0 Å². The number of halogens is 3. The zero-order valence-corrected chi connectivity index (χ0v) is 13.3. The lowest BCUT2D eigenvalue weighted by atomic mass is 10.1. The second-order valence-electron chi connectivity index (χ2n) is 5.21. The summed E-state index contributed by atoms with van der Waals surface area (Å²) in [7, 11) is 0. The topological polar surface area (TPSA) is 121 Å². The number of aromatic nitrogens is 2. The van der Waals surface area contributed by atoms with E-state index in [-0.39, 0.29) is 29.5 Å². The number of rotatable bonds is 5. The molecule has 142 valence electrons. The van der Waals surface area contributed by atoms with Crippen LogP contribution in [-0.2, 0) is 17.5 Å². The van der Waals surface area contributed by atoms with E-state index in [1.54, 1.807) is 0 Å². The minimum atomic E-state index is -4.61. The maximum atomic E-state index is 12.5. The second kappa shape index (κ2) is 6.93. The molecule has 1 aromatic heterocycles. The lowest BCUT2D eigenvalue weighted by Crippen LogP contribution is -2.23. The van der Waals surface area contributed by atoms with Gasteiger partial charge in [-0.1, -0.05) is 0 Å². The summed E-state index contributed by atoms with van der Waals surface area (Å²) < 4.78 is 48.3. The van der Waals surface area contributed by atoms with Gasteiger partial charge in [0, 0.05) is 6.20 Å². The third kappa shape index (κ3) is 4.13. The Balaban J connectivity index is 1.66. The van der Waals surface area contributed by atoms with Gasteiger partial charge in [-0.25, -0.2) is 5.43 Å². The zero-order chi connectivity index (χ0) is 19.6. The lowest BCUT2D eigenvalue weighted by Gasteiger charge is -2.03. The van der Waals surface area contributed by atoms with E-state index in [0.717, 1.165) is 29.2 Å². The Bertz CT molecular complexity index is 924. The van der Waals surface area contributed by atoms with Gasteiger partial charge in [-0.2, -0.15) is 23.4 Å². The third-order valence-electron chi connectivity index (χ3n) is 3.35. The molecule has 27 heavy (non-hydrogen) atoms. The molecule has 0 aliphatic carbocycles. The van der Waals surface area contributed by atoms with Gasteiger partial charge in [0.05, 0.1) is 22.8 Å². The number of nitrogens with one attached hydrogen (secondary N) is 1. The number of hydrogen-bond donors (Lipinski definition) is 1. The van der Waals surface area contributed by atoms with Gasteiger partial charge in [0.2, 0.25) is 6.79 Å². The summed E-state index contributed by atoms with van der Waals surface area (Å²) in [4.78, 5) is 22.2. The summed E-state index contributed by atoms with van der Waals surface area (Å²) in [6, 6.07) is 3.21. The molecule has 3 rings (SSSR count). The minimum absolute atomic E-state index is 0.0444. The van der Waals surface area contributed by atoms with Gasteiger partial charge in [0.15, 0.2) is 17.2 Å². The first-order valence-electron chi connectivity index (χ1n) is 7.24. The molecule has 0 radical (unpaired) electrons. The van der Waals surface area contributed by atoms with Gasteiger partial charge in [0.25, 0.3) is 11.6 Å². The van der Waals surface area contributed by atoms with E-state index in [0.29, 0.717) is 0 Å². The van der Waals surface area contributed by atoms with Crippen molar-refractivity contribution in [3.63, 3.8) is 0 Å². The van der Waals surface area contributed by atoms with Crippen molar-refractivity contribution in [1.82, 2.24) is 15.2 Å². The number of fused-ring (bicyclic) bond motifs is 1. The van der Waals surface area contributed by atoms with E-state index in [1.807, 2.05) is 0 Å². The van der Waals surface area contributed by atoms with Crippen LogP contribution in [0.5, 0.6) is 11.5 Å². The maximum absolute atomic E-state index is 12.5. The number of nitrogens with zero attached hydrogens (tertiary/aromatic N) is 4. The van der Waals surface area contributed by atoms with Crippen LogP contribution in [0.1, 0.15) is 11.3 Å². The molecule has 0 saturated heterocycles. The Labute approximate surface area is 148 Å². The van der Waals surface area contributed by atoms with E-state index in [2.05, 4.69) is 15.6 Å². The van der Waals surface area contributed by atoms with Crippen molar-refractivity contribution in [2.45, 2.75) is 12.7 Å². The van der Waals surface area contributed by atoms with Crippen LogP contribution in [0.4, 0.5) is 18.9 Å². The fourth-order valence-corrected chi connectivity index (χ4v) is 2.17. The standard InChI is InChI=1S/C14H10F3N5O5/c15-14(16,17)12-1-2-21(20-12)6-13(23)19-18-5-8-3-10-11(27-7-26-10)4-9(8)22(24)25/h1-5H,6-7H2,(H,19,23). The molecule has 0 spiro atoms. The summed E-state index contributed by atoms with van der Waals surface area (Å²) in [6.07, 6.45) is -2.60. The van der Waals surface area contributed by atoms with Crippen molar-refractivity contribution in [3.05, 3.63) is 45.8 Å². The van der Waals surface area contributed by atoms with Crippen molar-refractivity contribution >= 4 is 17.8 Å². The van der Waals surface area contributed by atoms with E-state index in [9.17, 15) is 28.1 Å². The molecule has 0 unspecified atom stereocenters. The number of hydrazone groups is 1. The number of hydrogen-bond acceptors (Lipinski definition) is 7. The molecule has 0 atom stereocenters. The van der Waals surface area contributed by atoms with Crippen molar-refractivity contribution < 1.29 is 32.4 Å². The van der Waals surface area contributed by atoms with E-state index < -0.39 is 29.2 Å². The van der Waals surface area contributed by atoms with Gasteiger partial charge < -0.3 is 9.47 Å². The first-order chi connectivity index (χ1) is 12.7. The van der Waals surface area contributed by atoms with Gasteiger partial charge in [-0.05, 0) is 12.1 Å². The fourth-order valence-electron chi connectivity index (χ4n) is 2.17. The van der Waals surface area contributed by atoms with Crippen molar-refractivity contribution in [3.8, 4) is 11.5 Å². The Morgan fingerprint density at radius 3 is 2.74 bits per heavy atom. The highest BCUT2D eigenvalue weighted by Gasteiger charge is 2.33. The van der Waals surface area contributed by atoms with Gasteiger partial charge in [-0.15, -0.1) is 0 Å². The highest BCUT2D eigenvalue weighted by Crippen LogP contribution is 2.37. The number of nitro benzene ring substituents is 1. The van der Waals surface area contributed by atoms with Crippen LogP contribution in [-0.4, -0.2) is 33.6 Å². The van der Waals surface area contributed by atoms with Crippen LogP contribution >= 0.6 is 0 Å². The first kappa shape index (κ1) is 18.2. The molecule has 2 heterocycles. The van der Waals surface area contributed by atoms with Crippen LogP contribution in [0.25, 0.3) is 0 Å². The molecule has 2 aromatic rings. The fraction of sp³-hybridized carbons (Fsp3) is 0.214. The highest BCUT2D eigenvalue weighted by molar-refractivity contribution is 5.88. The quantitative estimate of drug-likeness (QED) is 0.475. The molecule has 1 N–H and O–H groups in total. The summed E-state index contributed by atoms with van der Waals surface area (Å²) >= 11 is 0. The molecule has 0 saturated carbocycles. The van der Waals surface area contributed by atoms with Crippen LogP contribution in [0, 0.1) is 10.1 Å². The zero-order valence-electron chi connectivity index (χ0n) is 13.3. The predicted octanol–water partition coefficient (Wildman–Crippen LogP) is 1.69. The van der Waals surface area contributed by atoms with Crippen LogP contribution in [0.3, 0.4) is 0 Å². The normalized spacial score (nSPS) is 13.1. The second-order valence-corrected chi connectivity index (χ2v) is 5.21. The Kier molecular flexibility index (Phi) is 4.66. The number of carbonyl (C=O) groups excluding carboxylic acids is 1. The van der Waals surface area contributed by atoms with Gasteiger partial charge >= 0.3 is 6.18 Å². The van der Waals surface area contributed by atoms with Crippen molar-refractivity contribution in [1.29, 1.82) is 0 Å². The Morgan fingerprint density at radius 1 is 1.41 bits per heavy atom. The van der Waals surface area contributed by atoms with Crippen molar-refractivity contribution in [2.24, 2.45) is 5.10 Å². The van der Waals surface area contributed by atoms with Crippen LogP contribution in [0.15, 0.2) is 29.5 Å². The van der Waals surface area contributed by atoms with E-state index in [1.165, 1.54) is 6.07 Å². The number of benzene rings is 1. The first-order valence-corrected chi connectivity index (χ1v) is 7.24. The number of amides is 1. The van der Waals surface area contributed by atoms with Crippen LogP contribution < -0.4 is 14.9 Å². The molecule has 13 heteroatoms. The molecular formula is C14H10F3N5O5. The molecule has 1 aliphatic heterocycles. The summed E-state index contributed by atoms with van der Waals surface area (Å²) in [5.74, 6) is -0.280. The van der Waals surface area contributed by atoms with E-state index >= 15 is 0 Å². The molecule has 0 fully saturated rings. The monoisotopic (exact) mass is 385 g/mol. The number of carbonyl (C=O) groups is 1. The summed E-state index contributed by atoms with van der Waals surface area (Å²) in [5.41, 5.74) is 0.650. The number of ether oxygens (including phenoxy) is 2. The number of alkyl halides is 3. The smallest absolute Gasteiger partial charge is 0.435 e. The maximum Gasteiger partial charge on any atom is 0.435 e. The average Bonchev–Trinajstić information content (AvgIpc) is 3.22.